The quantitative estimate of drug-likeness (QED) is 0.877. The van der Waals surface area contributed by atoms with E-state index in [2.05, 4.69) is 15.6 Å². The molecule has 0 unspecified atom stereocenters. The maximum atomic E-state index is 12.7. The van der Waals surface area contributed by atoms with E-state index in [1.165, 1.54) is 11.3 Å². The highest BCUT2D eigenvalue weighted by molar-refractivity contribution is 7.13. The number of nitrogens with zero attached hydrogens (tertiary/aromatic N) is 2. The predicted molar refractivity (Wildman–Crippen MR) is 81.1 cm³/mol. The summed E-state index contributed by atoms with van der Waals surface area (Å²) in [6.45, 7) is 2.78. The molecular weight excluding hydrogens is 288 g/mol. The highest BCUT2D eigenvalue weighted by Crippen LogP contribution is 2.30. The van der Waals surface area contributed by atoms with Crippen LogP contribution in [0.3, 0.4) is 0 Å². The number of nitrogens with one attached hydrogen (secondary N) is 2. The Labute approximate surface area is 127 Å². The van der Waals surface area contributed by atoms with Crippen molar-refractivity contribution in [2.75, 3.05) is 18.4 Å². The van der Waals surface area contributed by atoms with Crippen LogP contribution in [0, 0.1) is 0 Å². The minimum atomic E-state index is -0.646. The van der Waals surface area contributed by atoms with Gasteiger partial charge >= 0.3 is 0 Å². The van der Waals surface area contributed by atoms with Crippen molar-refractivity contribution in [3.05, 3.63) is 11.6 Å². The Morgan fingerprint density at radius 2 is 2.10 bits per heavy atom. The first-order chi connectivity index (χ1) is 10.1. The van der Waals surface area contributed by atoms with Crippen molar-refractivity contribution in [3.63, 3.8) is 0 Å². The van der Waals surface area contributed by atoms with Gasteiger partial charge in [-0.1, -0.05) is 0 Å². The minimum Gasteiger partial charge on any atom is -0.351 e. The molecule has 0 bridgehead atoms. The summed E-state index contributed by atoms with van der Waals surface area (Å²) in [7, 11) is 0. The van der Waals surface area contributed by atoms with Gasteiger partial charge in [0, 0.05) is 37.6 Å². The second kappa shape index (κ2) is 5.63. The molecule has 0 radical (unpaired) electrons. The summed E-state index contributed by atoms with van der Waals surface area (Å²) < 4.78 is 0. The highest BCUT2D eigenvalue weighted by atomic mass is 32.1. The Hall–Kier alpha value is -1.63. The smallest absolute Gasteiger partial charge is 0.246 e. The number of thiazole rings is 1. The molecule has 2 fully saturated rings. The Bertz CT molecular complexity index is 519. The first-order valence-corrected chi connectivity index (χ1v) is 8.21. The van der Waals surface area contributed by atoms with Gasteiger partial charge in [-0.2, -0.15) is 0 Å². The van der Waals surface area contributed by atoms with E-state index in [-0.39, 0.29) is 11.8 Å². The molecule has 0 atom stereocenters. The SMILES string of the molecule is CC(=O)N1CCC(Nc2nccs2)(C(=O)NC2CC2)CC1. The molecule has 2 amide bonds. The zero-order valence-electron chi connectivity index (χ0n) is 12.1. The largest absolute Gasteiger partial charge is 0.351 e. The van der Waals surface area contributed by atoms with Crippen LogP contribution in [0.25, 0.3) is 0 Å². The standard InChI is InChI=1S/C14H20N4O2S/c1-10(19)18-7-4-14(5-8-18,12(20)16-11-2-3-11)17-13-15-6-9-21-13/h6,9,11H,2-5,7-8H2,1H3,(H,15,17)(H,16,20). The molecule has 114 valence electrons. The van der Waals surface area contributed by atoms with Crippen molar-refractivity contribution in [3.8, 4) is 0 Å². The van der Waals surface area contributed by atoms with E-state index >= 15 is 0 Å². The van der Waals surface area contributed by atoms with Crippen molar-refractivity contribution in [2.45, 2.75) is 44.2 Å². The third-order valence-corrected chi connectivity index (χ3v) is 4.88. The number of anilines is 1. The Kier molecular flexibility index (Phi) is 3.84. The van der Waals surface area contributed by atoms with Gasteiger partial charge in [0.1, 0.15) is 5.54 Å². The molecule has 1 aromatic rings. The lowest BCUT2D eigenvalue weighted by Gasteiger charge is -2.40. The van der Waals surface area contributed by atoms with Crippen molar-refractivity contribution in [1.29, 1.82) is 0 Å². The summed E-state index contributed by atoms with van der Waals surface area (Å²) in [5, 5.41) is 9.07. The number of carbonyl (C=O) groups is 2. The number of hydrogen-bond acceptors (Lipinski definition) is 5. The minimum absolute atomic E-state index is 0.0448. The lowest BCUT2D eigenvalue weighted by molar-refractivity contribution is -0.134. The summed E-state index contributed by atoms with van der Waals surface area (Å²) >= 11 is 1.49. The second-order valence-electron chi connectivity index (χ2n) is 5.80. The van der Waals surface area contributed by atoms with Gasteiger partial charge in [0.05, 0.1) is 0 Å². The summed E-state index contributed by atoms with van der Waals surface area (Å²) in [4.78, 5) is 30.2. The molecule has 1 aromatic heterocycles. The van der Waals surface area contributed by atoms with Gasteiger partial charge < -0.3 is 15.5 Å². The van der Waals surface area contributed by atoms with Crippen LogP contribution in [0.5, 0.6) is 0 Å². The van der Waals surface area contributed by atoms with Crippen LogP contribution in [0.15, 0.2) is 11.6 Å². The fourth-order valence-electron chi connectivity index (χ4n) is 2.65. The zero-order valence-corrected chi connectivity index (χ0v) is 12.9. The van der Waals surface area contributed by atoms with Gasteiger partial charge in [-0.05, 0) is 25.7 Å². The number of carbonyl (C=O) groups excluding carboxylic acids is 2. The summed E-state index contributed by atoms with van der Waals surface area (Å²) in [6, 6.07) is 0.332. The normalized spacial score (nSPS) is 20.9. The van der Waals surface area contributed by atoms with Gasteiger partial charge in [0.15, 0.2) is 5.13 Å². The molecule has 1 saturated heterocycles. The van der Waals surface area contributed by atoms with Crippen LogP contribution < -0.4 is 10.6 Å². The van der Waals surface area contributed by atoms with Crippen LogP contribution in [0.1, 0.15) is 32.6 Å². The number of hydrogen-bond donors (Lipinski definition) is 2. The van der Waals surface area contributed by atoms with Gasteiger partial charge in [-0.3, -0.25) is 9.59 Å². The van der Waals surface area contributed by atoms with Crippen LogP contribution >= 0.6 is 11.3 Å². The molecule has 1 aliphatic carbocycles. The molecule has 2 N–H and O–H groups in total. The third-order valence-electron chi connectivity index (χ3n) is 4.19. The molecule has 6 nitrogen and oxygen atoms in total. The van der Waals surface area contributed by atoms with Crippen LogP contribution in [0.4, 0.5) is 5.13 Å². The molecule has 2 heterocycles. The molecule has 1 aliphatic heterocycles. The van der Waals surface area contributed by atoms with Crippen LogP contribution in [-0.2, 0) is 9.59 Å². The number of piperidine rings is 1. The maximum Gasteiger partial charge on any atom is 0.246 e. The molecule has 2 aliphatic rings. The first kappa shape index (κ1) is 14.3. The highest BCUT2D eigenvalue weighted by Gasteiger charge is 2.44. The average Bonchev–Trinajstić information content (AvgIpc) is 3.13. The lowest BCUT2D eigenvalue weighted by Crippen LogP contribution is -2.59. The Morgan fingerprint density at radius 1 is 1.38 bits per heavy atom. The van der Waals surface area contributed by atoms with E-state index in [4.69, 9.17) is 0 Å². The maximum absolute atomic E-state index is 12.7. The van der Waals surface area contributed by atoms with Gasteiger partial charge in [-0.25, -0.2) is 4.98 Å². The second-order valence-corrected chi connectivity index (χ2v) is 6.69. The zero-order chi connectivity index (χ0) is 14.9. The molecule has 7 heteroatoms. The molecule has 21 heavy (non-hydrogen) atoms. The van der Waals surface area contributed by atoms with Gasteiger partial charge in [0.2, 0.25) is 11.8 Å². The van der Waals surface area contributed by atoms with E-state index in [0.29, 0.717) is 32.0 Å². The predicted octanol–water partition coefficient (Wildman–Crippen LogP) is 1.21. The summed E-state index contributed by atoms with van der Waals surface area (Å²) in [5.41, 5.74) is -0.646. The van der Waals surface area contributed by atoms with E-state index < -0.39 is 5.54 Å². The molecule has 0 spiro atoms. The first-order valence-electron chi connectivity index (χ1n) is 7.33. The Morgan fingerprint density at radius 3 is 2.62 bits per heavy atom. The average molecular weight is 308 g/mol. The van der Waals surface area contributed by atoms with Crippen molar-refractivity contribution in [1.82, 2.24) is 15.2 Å². The third kappa shape index (κ3) is 3.18. The number of amides is 2. The van der Waals surface area contributed by atoms with Gasteiger partial charge in [0.25, 0.3) is 0 Å². The molecular formula is C14H20N4O2S. The van der Waals surface area contributed by atoms with Crippen molar-refractivity contribution in [2.24, 2.45) is 0 Å². The summed E-state index contributed by atoms with van der Waals surface area (Å²) in [6.07, 6.45) is 5.09. The van der Waals surface area contributed by atoms with E-state index in [1.807, 2.05) is 5.38 Å². The van der Waals surface area contributed by atoms with E-state index in [0.717, 1.165) is 18.0 Å². The molecule has 1 saturated carbocycles. The van der Waals surface area contributed by atoms with Gasteiger partial charge in [-0.15, -0.1) is 11.3 Å². The van der Waals surface area contributed by atoms with Crippen molar-refractivity contribution >= 4 is 28.3 Å². The molecule has 0 aromatic carbocycles. The lowest BCUT2D eigenvalue weighted by atomic mass is 9.86. The van der Waals surface area contributed by atoms with Crippen LogP contribution in [0.2, 0.25) is 0 Å². The fourth-order valence-corrected chi connectivity index (χ4v) is 3.28. The van der Waals surface area contributed by atoms with E-state index in [1.54, 1.807) is 18.0 Å². The van der Waals surface area contributed by atoms with E-state index in [9.17, 15) is 9.59 Å². The fraction of sp³-hybridized carbons (Fsp3) is 0.643. The number of rotatable bonds is 4. The number of aromatic nitrogens is 1. The van der Waals surface area contributed by atoms with Crippen LogP contribution in [-0.4, -0.2) is 46.4 Å². The topological polar surface area (TPSA) is 74.3 Å². The van der Waals surface area contributed by atoms with Crippen molar-refractivity contribution < 1.29 is 9.59 Å². The monoisotopic (exact) mass is 308 g/mol. The number of likely N-dealkylation sites (tertiary alicyclic amines) is 1. The molecule has 3 rings (SSSR count). The summed E-state index contributed by atoms with van der Waals surface area (Å²) in [5.74, 6) is 0.115. The Balaban J connectivity index is 1.74.